The van der Waals surface area contributed by atoms with Crippen molar-refractivity contribution in [3.05, 3.63) is 71.0 Å². The molecule has 7 heteroatoms. The second kappa shape index (κ2) is 10.0. The number of anilines is 1. The van der Waals surface area contributed by atoms with Gasteiger partial charge in [0, 0.05) is 36.1 Å². The summed E-state index contributed by atoms with van der Waals surface area (Å²) < 4.78 is 9.54. The largest absolute Gasteiger partial charge is 0.497 e. The van der Waals surface area contributed by atoms with Crippen molar-refractivity contribution in [2.75, 3.05) is 19.0 Å². The Morgan fingerprint density at radius 3 is 2.55 bits per heavy atom. The third kappa shape index (κ3) is 6.29. The van der Waals surface area contributed by atoms with Crippen LogP contribution >= 0.6 is 11.5 Å². The minimum atomic E-state index is -0.0866. The van der Waals surface area contributed by atoms with Crippen LogP contribution in [0.2, 0.25) is 0 Å². The Bertz CT molecular complexity index is 923. The first-order valence-corrected chi connectivity index (χ1v) is 10.4. The number of carbonyl (C=O) groups is 1. The molecule has 0 aliphatic rings. The van der Waals surface area contributed by atoms with Gasteiger partial charge < -0.3 is 15.4 Å². The lowest BCUT2D eigenvalue weighted by Crippen LogP contribution is -2.33. The summed E-state index contributed by atoms with van der Waals surface area (Å²) in [7, 11) is 1.60. The summed E-state index contributed by atoms with van der Waals surface area (Å²) in [5, 5.41) is 7.11. The van der Waals surface area contributed by atoms with Crippen LogP contribution in [0.4, 0.5) is 5.13 Å². The molecule has 3 aromatic rings. The zero-order valence-electron chi connectivity index (χ0n) is 16.9. The lowest BCUT2D eigenvalue weighted by molar-refractivity contribution is 0.0939. The van der Waals surface area contributed by atoms with Crippen molar-refractivity contribution in [2.45, 2.75) is 32.7 Å². The zero-order valence-corrected chi connectivity index (χ0v) is 17.8. The van der Waals surface area contributed by atoms with Crippen molar-refractivity contribution in [3.8, 4) is 5.75 Å². The standard InChI is InChI=1S/C22H26N4O2S/c1-15-4-6-17(7-5-15)14-20-25-22(29-26-20)23-13-12-16(2)24-21(27)18-8-10-19(28-3)11-9-18/h4-11,16H,12-14H2,1-3H3,(H,24,27)(H,23,25,26). The molecule has 1 amide bonds. The van der Waals surface area contributed by atoms with Crippen LogP contribution in [-0.4, -0.2) is 35.0 Å². The molecule has 0 saturated carbocycles. The molecule has 0 aliphatic carbocycles. The molecule has 152 valence electrons. The van der Waals surface area contributed by atoms with Crippen LogP contribution in [0.3, 0.4) is 0 Å². The summed E-state index contributed by atoms with van der Waals surface area (Å²) >= 11 is 1.37. The number of rotatable bonds is 9. The van der Waals surface area contributed by atoms with Gasteiger partial charge in [-0.25, -0.2) is 4.98 Å². The van der Waals surface area contributed by atoms with E-state index in [1.165, 1.54) is 22.7 Å². The molecule has 3 rings (SSSR count). The fraction of sp³-hybridized carbons (Fsp3) is 0.318. The van der Waals surface area contributed by atoms with Crippen molar-refractivity contribution >= 4 is 22.6 Å². The fourth-order valence-electron chi connectivity index (χ4n) is 2.80. The number of nitrogens with zero attached hydrogens (tertiary/aromatic N) is 2. The normalized spacial score (nSPS) is 11.7. The lowest BCUT2D eigenvalue weighted by Gasteiger charge is -2.14. The first kappa shape index (κ1) is 20.8. The molecule has 0 bridgehead atoms. The summed E-state index contributed by atoms with van der Waals surface area (Å²) in [6.45, 7) is 4.78. The SMILES string of the molecule is COc1ccc(C(=O)NC(C)CCNc2nc(Cc3ccc(C)cc3)ns2)cc1. The Labute approximate surface area is 175 Å². The third-order valence-electron chi connectivity index (χ3n) is 4.53. The molecule has 29 heavy (non-hydrogen) atoms. The molecular weight excluding hydrogens is 384 g/mol. The van der Waals surface area contributed by atoms with E-state index in [0.29, 0.717) is 12.1 Å². The predicted octanol–water partition coefficient (Wildman–Crippen LogP) is 4.07. The highest BCUT2D eigenvalue weighted by atomic mass is 32.1. The number of amides is 1. The van der Waals surface area contributed by atoms with Gasteiger partial charge in [0.2, 0.25) is 5.13 Å². The molecule has 2 aromatic carbocycles. The molecule has 0 saturated heterocycles. The van der Waals surface area contributed by atoms with Crippen LogP contribution in [0.25, 0.3) is 0 Å². The van der Waals surface area contributed by atoms with Crippen molar-refractivity contribution in [1.29, 1.82) is 0 Å². The summed E-state index contributed by atoms with van der Waals surface area (Å²) in [5.74, 6) is 1.47. The van der Waals surface area contributed by atoms with E-state index in [0.717, 1.165) is 29.5 Å². The number of hydrogen-bond acceptors (Lipinski definition) is 6. The summed E-state index contributed by atoms with van der Waals surface area (Å²) in [6.07, 6.45) is 1.52. The van der Waals surface area contributed by atoms with Crippen LogP contribution in [0.1, 0.15) is 40.7 Å². The van der Waals surface area contributed by atoms with Crippen LogP contribution < -0.4 is 15.4 Å². The van der Waals surface area contributed by atoms with E-state index in [4.69, 9.17) is 4.74 Å². The average Bonchev–Trinajstić information content (AvgIpc) is 3.17. The van der Waals surface area contributed by atoms with Gasteiger partial charge >= 0.3 is 0 Å². The number of aryl methyl sites for hydroxylation is 1. The minimum absolute atomic E-state index is 0.0389. The molecule has 0 fully saturated rings. The Morgan fingerprint density at radius 2 is 1.86 bits per heavy atom. The van der Waals surface area contributed by atoms with Crippen molar-refractivity contribution in [1.82, 2.24) is 14.7 Å². The first-order chi connectivity index (χ1) is 14.0. The quantitative estimate of drug-likeness (QED) is 0.556. The smallest absolute Gasteiger partial charge is 0.251 e. The maximum atomic E-state index is 12.3. The lowest BCUT2D eigenvalue weighted by atomic mass is 10.1. The average molecular weight is 411 g/mol. The van der Waals surface area contributed by atoms with Gasteiger partial charge in [0.05, 0.1) is 7.11 Å². The molecule has 0 aliphatic heterocycles. The highest BCUT2D eigenvalue weighted by Crippen LogP contribution is 2.15. The van der Waals surface area contributed by atoms with Crippen molar-refractivity contribution < 1.29 is 9.53 Å². The van der Waals surface area contributed by atoms with E-state index < -0.39 is 0 Å². The Hall–Kier alpha value is -2.93. The van der Waals surface area contributed by atoms with Gasteiger partial charge in [-0.2, -0.15) is 4.37 Å². The van der Waals surface area contributed by atoms with Crippen LogP contribution in [0.15, 0.2) is 48.5 Å². The van der Waals surface area contributed by atoms with Gasteiger partial charge in [0.1, 0.15) is 11.6 Å². The monoisotopic (exact) mass is 410 g/mol. The van der Waals surface area contributed by atoms with Crippen LogP contribution in [0, 0.1) is 6.92 Å². The van der Waals surface area contributed by atoms with E-state index in [1.807, 2.05) is 6.92 Å². The molecule has 1 atom stereocenters. The van der Waals surface area contributed by atoms with Crippen molar-refractivity contribution in [2.24, 2.45) is 0 Å². The Balaban J connectivity index is 1.41. The maximum absolute atomic E-state index is 12.3. The van der Waals surface area contributed by atoms with Crippen molar-refractivity contribution in [3.63, 3.8) is 0 Å². The number of benzene rings is 2. The minimum Gasteiger partial charge on any atom is -0.497 e. The maximum Gasteiger partial charge on any atom is 0.251 e. The predicted molar refractivity (Wildman–Crippen MR) is 117 cm³/mol. The molecule has 2 N–H and O–H groups in total. The van der Waals surface area contributed by atoms with E-state index in [-0.39, 0.29) is 11.9 Å². The van der Waals surface area contributed by atoms with Gasteiger partial charge in [0.25, 0.3) is 5.91 Å². The highest BCUT2D eigenvalue weighted by Gasteiger charge is 2.10. The molecule has 1 heterocycles. The third-order valence-corrected chi connectivity index (χ3v) is 5.24. The Kier molecular flexibility index (Phi) is 7.19. The molecule has 6 nitrogen and oxygen atoms in total. The van der Waals surface area contributed by atoms with Gasteiger partial charge in [-0.1, -0.05) is 29.8 Å². The number of hydrogen-bond donors (Lipinski definition) is 2. The second-order valence-electron chi connectivity index (χ2n) is 7.00. The zero-order chi connectivity index (χ0) is 20.6. The highest BCUT2D eigenvalue weighted by molar-refractivity contribution is 7.09. The van der Waals surface area contributed by atoms with E-state index in [1.54, 1.807) is 31.4 Å². The van der Waals surface area contributed by atoms with E-state index >= 15 is 0 Å². The summed E-state index contributed by atoms with van der Waals surface area (Å²) in [5.41, 5.74) is 3.07. The molecule has 1 unspecified atom stereocenters. The summed E-state index contributed by atoms with van der Waals surface area (Å²) in [6, 6.07) is 15.5. The molecule has 0 spiro atoms. The number of ether oxygens (including phenoxy) is 1. The molecule has 1 aromatic heterocycles. The van der Waals surface area contributed by atoms with E-state index in [9.17, 15) is 4.79 Å². The van der Waals surface area contributed by atoms with Crippen LogP contribution in [-0.2, 0) is 6.42 Å². The number of carbonyl (C=O) groups excluding carboxylic acids is 1. The number of aromatic nitrogens is 2. The number of nitrogens with one attached hydrogen (secondary N) is 2. The van der Waals surface area contributed by atoms with Gasteiger partial charge in [-0.05, 0) is 50.1 Å². The topological polar surface area (TPSA) is 76.1 Å². The van der Waals surface area contributed by atoms with Gasteiger partial charge in [0.15, 0.2) is 0 Å². The second-order valence-corrected chi connectivity index (χ2v) is 7.75. The van der Waals surface area contributed by atoms with Crippen LogP contribution in [0.5, 0.6) is 5.75 Å². The molecular formula is C22H26N4O2S. The number of methoxy groups -OCH3 is 1. The fourth-order valence-corrected chi connectivity index (χ4v) is 3.41. The van der Waals surface area contributed by atoms with Gasteiger partial charge in [-0.3, -0.25) is 4.79 Å². The first-order valence-electron chi connectivity index (χ1n) is 9.60. The Morgan fingerprint density at radius 1 is 1.14 bits per heavy atom. The summed E-state index contributed by atoms with van der Waals surface area (Å²) in [4.78, 5) is 16.8. The van der Waals surface area contributed by atoms with Gasteiger partial charge in [-0.15, -0.1) is 0 Å². The van der Waals surface area contributed by atoms with E-state index in [2.05, 4.69) is 51.2 Å². The molecule has 0 radical (unpaired) electrons.